The third-order valence-electron chi connectivity index (χ3n) is 8.40. The summed E-state index contributed by atoms with van der Waals surface area (Å²) in [5.41, 5.74) is 8.74. The van der Waals surface area contributed by atoms with Crippen molar-refractivity contribution in [2.75, 3.05) is 6.54 Å². The van der Waals surface area contributed by atoms with Crippen LogP contribution >= 0.6 is 0 Å². The van der Waals surface area contributed by atoms with Gasteiger partial charge in [0.1, 0.15) is 0 Å². The van der Waals surface area contributed by atoms with Crippen molar-refractivity contribution in [1.29, 1.82) is 0 Å². The number of carbonyl (C=O) groups is 1. The molecule has 3 fully saturated rings. The van der Waals surface area contributed by atoms with Gasteiger partial charge >= 0.3 is 0 Å². The van der Waals surface area contributed by atoms with Crippen molar-refractivity contribution >= 4 is 5.91 Å². The predicted molar refractivity (Wildman–Crippen MR) is 124 cm³/mol. The molecule has 164 valence electrons. The molecule has 1 aromatic carbocycles. The molecule has 3 aliphatic carbocycles. The van der Waals surface area contributed by atoms with Crippen LogP contribution in [0.1, 0.15) is 83.6 Å². The number of carbonyl (C=O) groups excluding carboxylic acids is 1. The highest BCUT2D eigenvalue weighted by Gasteiger charge is 2.53. The van der Waals surface area contributed by atoms with Crippen molar-refractivity contribution in [3.63, 3.8) is 0 Å². The van der Waals surface area contributed by atoms with Crippen molar-refractivity contribution in [2.45, 2.75) is 89.5 Å². The molecule has 3 aliphatic rings. The summed E-state index contributed by atoms with van der Waals surface area (Å²) in [6.07, 6.45) is 13.5. The average Bonchev–Trinajstić information content (AvgIpc) is 2.77. The molecule has 0 radical (unpaired) electrons. The van der Waals surface area contributed by atoms with Gasteiger partial charge in [0.2, 0.25) is 5.91 Å². The summed E-state index contributed by atoms with van der Waals surface area (Å²) < 4.78 is 0. The summed E-state index contributed by atoms with van der Waals surface area (Å²) in [5.74, 6) is 1.48. The Bertz CT molecular complexity index is 764. The lowest BCUT2D eigenvalue weighted by atomic mass is 9.51. The molecule has 0 aliphatic heterocycles. The van der Waals surface area contributed by atoms with E-state index in [0.717, 1.165) is 51.5 Å². The Labute approximate surface area is 182 Å². The highest BCUT2D eigenvalue weighted by molar-refractivity contribution is 5.83. The zero-order valence-corrected chi connectivity index (χ0v) is 19.0. The second-order valence-electron chi connectivity index (χ2n) is 10.6. The van der Waals surface area contributed by atoms with Gasteiger partial charge in [0.25, 0.3) is 0 Å². The fraction of sp³-hybridized carbons (Fsp3) is 0.667. The summed E-state index contributed by atoms with van der Waals surface area (Å²) in [4.78, 5) is 13.7. The van der Waals surface area contributed by atoms with Crippen molar-refractivity contribution in [3.8, 4) is 0 Å². The van der Waals surface area contributed by atoms with Crippen LogP contribution < -0.4 is 11.1 Å². The number of allylic oxidation sites excluding steroid dienone is 2. The Morgan fingerprint density at radius 2 is 1.90 bits per heavy atom. The van der Waals surface area contributed by atoms with Crippen LogP contribution in [-0.4, -0.2) is 18.5 Å². The normalized spacial score (nSPS) is 37.7. The lowest BCUT2D eigenvalue weighted by molar-refractivity contribution is -0.136. The molecular weight excluding hydrogens is 368 g/mol. The van der Waals surface area contributed by atoms with Gasteiger partial charge < -0.3 is 11.1 Å². The summed E-state index contributed by atoms with van der Waals surface area (Å²) in [7, 11) is 0. The van der Waals surface area contributed by atoms with Crippen LogP contribution in [0.15, 0.2) is 42.0 Å². The number of nitrogens with two attached hydrogens (primary N) is 1. The van der Waals surface area contributed by atoms with Gasteiger partial charge in [-0.05, 0) is 93.6 Å². The standard InChI is InChI=1S/C27H40N2O/c1-3-7-21-14-15-27(23-8-5-4-6-9-23)17-22(21)16-26(2,19-27)25(30)29-24-12-10-20(18-28)11-13-24/h4-9,20,22,24H,3,10-19,28H2,1-2H3,(H,29,30)/b21-7+/t20-,22?,24-,26?,27?. The van der Waals surface area contributed by atoms with Crippen molar-refractivity contribution in [2.24, 2.45) is 23.0 Å². The number of fused-ring (bicyclic) bond motifs is 2. The first-order valence-corrected chi connectivity index (χ1v) is 12.2. The van der Waals surface area contributed by atoms with Crippen LogP contribution in [-0.2, 0) is 10.2 Å². The van der Waals surface area contributed by atoms with Crippen LogP contribution in [0.25, 0.3) is 0 Å². The van der Waals surface area contributed by atoms with E-state index in [9.17, 15) is 4.79 Å². The minimum Gasteiger partial charge on any atom is -0.353 e. The number of nitrogens with one attached hydrogen (secondary N) is 1. The smallest absolute Gasteiger partial charge is 0.226 e. The molecule has 3 unspecified atom stereocenters. The molecule has 3 atom stereocenters. The van der Waals surface area contributed by atoms with Gasteiger partial charge in [-0.25, -0.2) is 0 Å². The lowest BCUT2D eigenvalue weighted by Crippen LogP contribution is -2.53. The van der Waals surface area contributed by atoms with Gasteiger partial charge in [-0.3, -0.25) is 4.79 Å². The summed E-state index contributed by atoms with van der Waals surface area (Å²) in [6.45, 7) is 5.26. The zero-order chi connectivity index (χ0) is 21.2. The molecular formula is C27H40N2O. The third kappa shape index (κ3) is 4.23. The molecule has 0 spiro atoms. The first-order valence-electron chi connectivity index (χ1n) is 12.2. The van der Waals surface area contributed by atoms with E-state index in [0.29, 0.717) is 23.8 Å². The molecule has 3 heteroatoms. The predicted octanol–water partition coefficient (Wildman–Crippen LogP) is 5.49. The first kappa shape index (κ1) is 21.6. The summed E-state index contributed by atoms with van der Waals surface area (Å²) in [6, 6.07) is 11.4. The maximum absolute atomic E-state index is 13.7. The number of benzene rings is 1. The Balaban J connectivity index is 1.56. The molecule has 3 N–H and O–H groups in total. The molecule has 4 rings (SSSR count). The van der Waals surface area contributed by atoms with E-state index in [4.69, 9.17) is 5.73 Å². The van der Waals surface area contributed by atoms with Gasteiger partial charge in [0.05, 0.1) is 0 Å². The average molecular weight is 409 g/mol. The minimum atomic E-state index is -0.295. The van der Waals surface area contributed by atoms with Gasteiger partial charge in [-0.15, -0.1) is 0 Å². The topological polar surface area (TPSA) is 55.1 Å². The highest BCUT2D eigenvalue weighted by Crippen LogP contribution is 2.58. The van der Waals surface area contributed by atoms with Crippen molar-refractivity contribution < 1.29 is 4.79 Å². The minimum absolute atomic E-state index is 0.137. The van der Waals surface area contributed by atoms with Gasteiger partial charge in [0.15, 0.2) is 0 Å². The van der Waals surface area contributed by atoms with Gasteiger partial charge in [-0.2, -0.15) is 0 Å². The lowest BCUT2D eigenvalue weighted by Gasteiger charge is -2.53. The maximum atomic E-state index is 13.7. The number of rotatable bonds is 5. The van der Waals surface area contributed by atoms with Crippen LogP contribution in [0.4, 0.5) is 0 Å². The monoisotopic (exact) mass is 408 g/mol. The fourth-order valence-electron chi connectivity index (χ4n) is 6.78. The fourth-order valence-corrected chi connectivity index (χ4v) is 6.78. The van der Waals surface area contributed by atoms with Gasteiger partial charge in [-0.1, -0.05) is 55.8 Å². The Hall–Kier alpha value is -1.61. The zero-order valence-electron chi connectivity index (χ0n) is 19.0. The molecule has 1 aromatic rings. The SMILES string of the molecule is CC/C=C1\CCC2(c3ccccc3)CC1CC(C)(C(=O)N[C@H]1CC[C@H](CN)CC1)C2. The number of hydrogen-bond donors (Lipinski definition) is 2. The second kappa shape index (κ2) is 8.86. The molecule has 0 saturated heterocycles. The van der Waals surface area contributed by atoms with Crippen LogP contribution in [0.3, 0.4) is 0 Å². The Kier molecular flexibility index (Phi) is 6.39. The second-order valence-corrected chi connectivity index (χ2v) is 10.6. The maximum Gasteiger partial charge on any atom is 0.226 e. The van der Waals surface area contributed by atoms with E-state index in [1.165, 1.54) is 24.8 Å². The van der Waals surface area contributed by atoms with E-state index in [2.05, 4.69) is 55.6 Å². The van der Waals surface area contributed by atoms with Crippen LogP contribution in [0.2, 0.25) is 0 Å². The van der Waals surface area contributed by atoms with E-state index in [1.807, 2.05) is 0 Å². The Morgan fingerprint density at radius 3 is 2.57 bits per heavy atom. The highest BCUT2D eigenvalue weighted by atomic mass is 16.2. The van der Waals surface area contributed by atoms with Crippen molar-refractivity contribution in [1.82, 2.24) is 5.32 Å². The number of hydrogen-bond acceptors (Lipinski definition) is 2. The van der Waals surface area contributed by atoms with Crippen LogP contribution in [0.5, 0.6) is 0 Å². The summed E-state index contributed by atoms with van der Waals surface area (Å²) >= 11 is 0. The third-order valence-corrected chi connectivity index (χ3v) is 8.40. The van der Waals surface area contributed by atoms with E-state index < -0.39 is 0 Å². The number of amides is 1. The molecule has 2 bridgehead atoms. The quantitative estimate of drug-likeness (QED) is 0.633. The van der Waals surface area contributed by atoms with E-state index >= 15 is 0 Å². The van der Waals surface area contributed by atoms with Crippen LogP contribution in [0, 0.1) is 17.3 Å². The molecule has 0 aromatic heterocycles. The van der Waals surface area contributed by atoms with E-state index in [1.54, 1.807) is 5.57 Å². The molecule has 0 heterocycles. The molecule has 1 amide bonds. The van der Waals surface area contributed by atoms with Crippen molar-refractivity contribution in [3.05, 3.63) is 47.5 Å². The molecule has 30 heavy (non-hydrogen) atoms. The largest absolute Gasteiger partial charge is 0.353 e. The molecule has 3 nitrogen and oxygen atoms in total. The Morgan fingerprint density at radius 1 is 1.17 bits per heavy atom. The first-order chi connectivity index (χ1) is 14.5. The molecule has 3 saturated carbocycles. The summed E-state index contributed by atoms with van der Waals surface area (Å²) in [5, 5.41) is 3.48. The van der Waals surface area contributed by atoms with Gasteiger partial charge in [0, 0.05) is 11.5 Å². The van der Waals surface area contributed by atoms with E-state index in [-0.39, 0.29) is 10.8 Å².